The first-order chi connectivity index (χ1) is 13.6. The van der Waals surface area contributed by atoms with Crippen LogP contribution < -0.4 is 10.6 Å². The smallest absolute Gasteiger partial charge is 0.319 e. The zero-order valence-electron chi connectivity index (χ0n) is 16.6. The second kappa shape index (κ2) is 9.39. The summed E-state index contributed by atoms with van der Waals surface area (Å²) in [6, 6.07) is 6.82. The Bertz CT molecular complexity index is 799. The molecule has 1 fully saturated rings. The molecule has 7 nitrogen and oxygen atoms in total. The summed E-state index contributed by atoms with van der Waals surface area (Å²) < 4.78 is 2.03. The molecule has 3 amide bonds. The number of hydrogen-bond acceptors (Lipinski definition) is 3. The summed E-state index contributed by atoms with van der Waals surface area (Å²) in [5, 5.41) is 5.64. The van der Waals surface area contributed by atoms with E-state index in [1.165, 1.54) is 6.42 Å². The molecule has 0 radical (unpaired) electrons. The van der Waals surface area contributed by atoms with Crippen LogP contribution in [0.3, 0.4) is 0 Å². The number of imidazole rings is 1. The van der Waals surface area contributed by atoms with E-state index in [-0.39, 0.29) is 11.9 Å². The fourth-order valence-electron chi connectivity index (χ4n) is 3.58. The topological polar surface area (TPSA) is 79.3 Å². The fraction of sp³-hybridized carbons (Fsp3) is 0.476. The number of aromatic nitrogens is 2. The number of carbonyl (C=O) groups is 2. The van der Waals surface area contributed by atoms with Crippen molar-refractivity contribution in [3.05, 3.63) is 48.0 Å². The highest BCUT2D eigenvalue weighted by atomic mass is 16.2. The van der Waals surface area contributed by atoms with Crippen LogP contribution in [-0.2, 0) is 13.0 Å². The van der Waals surface area contributed by atoms with Crippen molar-refractivity contribution in [2.24, 2.45) is 5.92 Å². The maximum Gasteiger partial charge on any atom is 0.319 e. The van der Waals surface area contributed by atoms with E-state index < -0.39 is 0 Å². The van der Waals surface area contributed by atoms with E-state index in [1.807, 2.05) is 15.7 Å². The number of carbonyl (C=O) groups excluding carboxylic acids is 2. The van der Waals surface area contributed by atoms with Gasteiger partial charge in [0, 0.05) is 56.2 Å². The number of nitrogens with one attached hydrogen (secondary N) is 2. The molecule has 150 valence electrons. The van der Waals surface area contributed by atoms with Gasteiger partial charge in [0.1, 0.15) is 5.82 Å². The molecule has 3 rings (SSSR count). The molecule has 0 unspecified atom stereocenters. The second-order valence-corrected chi connectivity index (χ2v) is 7.35. The monoisotopic (exact) mass is 383 g/mol. The van der Waals surface area contributed by atoms with E-state index in [1.54, 1.807) is 30.5 Å². The van der Waals surface area contributed by atoms with Crippen molar-refractivity contribution in [3.8, 4) is 0 Å². The lowest BCUT2D eigenvalue weighted by molar-refractivity contribution is 0.0683. The zero-order chi connectivity index (χ0) is 19.9. The SMILES string of the molecule is CCc1nccn1CCNC(=O)Nc1ccc(C(=O)N2CCC[C@H](C)C2)cc1. The Morgan fingerprint density at radius 1 is 1.25 bits per heavy atom. The van der Waals surface area contributed by atoms with E-state index in [9.17, 15) is 9.59 Å². The summed E-state index contributed by atoms with van der Waals surface area (Å²) in [7, 11) is 0. The molecule has 0 bridgehead atoms. The number of urea groups is 1. The van der Waals surface area contributed by atoms with Crippen LogP contribution >= 0.6 is 0 Å². The van der Waals surface area contributed by atoms with Crippen molar-refractivity contribution in [1.29, 1.82) is 0 Å². The molecule has 0 saturated carbocycles. The predicted octanol–water partition coefficient (Wildman–Crippen LogP) is 3.14. The number of aryl methyl sites for hydroxylation is 1. The molecule has 2 N–H and O–H groups in total. The molecule has 7 heteroatoms. The second-order valence-electron chi connectivity index (χ2n) is 7.35. The molecular weight excluding hydrogens is 354 g/mol. The molecular formula is C21H29N5O2. The van der Waals surface area contributed by atoms with Gasteiger partial charge in [0.05, 0.1) is 0 Å². The number of hydrogen-bond donors (Lipinski definition) is 2. The Labute approximate surface area is 166 Å². The molecule has 2 heterocycles. The lowest BCUT2D eigenvalue weighted by Crippen LogP contribution is -2.39. The number of piperidine rings is 1. The Morgan fingerprint density at radius 3 is 2.75 bits per heavy atom. The van der Waals surface area contributed by atoms with Crippen molar-refractivity contribution in [3.63, 3.8) is 0 Å². The largest absolute Gasteiger partial charge is 0.338 e. The van der Waals surface area contributed by atoms with Crippen LogP contribution in [0.1, 0.15) is 42.9 Å². The number of rotatable bonds is 6. The molecule has 0 spiro atoms. The van der Waals surface area contributed by atoms with Crippen LogP contribution in [0.2, 0.25) is 0 Å². The third-order valence-corrected chi connectivity index (χ3v) is 5.09. The number of nitrogens with zero attached hydrogens (tertiary/aromatic N) is 3. The van der Waals surface area contributed by atoms with Gasteiger partial charge in [0.2, 0.25) is 0 Å². The normalized spacial score (nSPS) is 16.6. The first kappa shape index (κ1) is 19.9. The molecule has 1 aromatic heterocycles. The Kier molecular flexibility index (Phi) is 6.68. The van der Waals surface area contributed by atoms with Crippen LogP contribution in [0.4, 0.5) is 10.5 Å². The number of likely N-dealkylation sites (tertiary alicyclic amines) is 1. The summed E-state index contributed by atoms with van der Waals surface area (Å²) in [5.74, 6) is 1.62. The van der Waals surface area contributed by atoms with Gasteiger partial charge in [-0.25, -0.2) is 9.78 Å². The Hall–Kier alpha value is -2.83. The van der Waals surface area contributed by atoms with Crippen LogP contribution in [0.5, 0.6) is 0 Å². The van der Waals surface area contributed by atoms with E-state index >= 15 is 0 Å². The highest BCUT2D eigenvalue weighted by Crippen LogP contribution is 2.19. The molecule has 28 heavy (non-hydrogen) atoms. The first-order valence-electron chi connectivity index (χ1n) is 10.0. The minimum atomic E-state index is -0.262. The van der Waals surface area contributed by atoms with E-state index in [2.05, 4.69) is 29.5 Å². The highest BCUT2D eigenvalue weighted by molar-refractivity contribution is 5.95. The van der Waals surface area contributed by atoms with Crippen LogP contribution in [0, 0.1) is 5.92 Å². The number of anilines is 1. The van der Waals surface area contributed by atoms with Gasteiger partial charge < -0.3 is 20.1 Å². The summed E-state index contributed by atoms with van der Waals surface area (Å²) in [6.45, 7) is 7.07. The minimum Gasteiger partial charge on any atom is -0.338 e. The van der Waals surface area contributed by atoms with Crippen molar-refractivity contribution in [2.45, 2.75) is 39.7 Å². The van der Waals surface area contributed by atoms with Gasteiger partial charge in [-0.2, -0.15) is 0 Å². The molecule has 1 saturated heterocycles. The summed E-state index contributed by atoms with van der Waals surface area (Å²) in [6.07, 6.45) is 6.79. The average Bonchev–Trinajstić information content (AvgIpc) is 3.15. The van der Waals surface area contributed by atoms with Crippen LogP contribution in [-0.4, -0.2) is 46.0 Å². The first-order valence-corrected chi connectivity index (χ1v) is 10.0. The molecule has 1 aromatic carbocycles. The van der Waals surface area contributed by atoms with Gasteiger partial charge in [-0.05, 0) is 43.0 Å². The summed E-state index contributed by atoms with van der Waals surface area (Å²) in [5.41, 5.74) is 1.32. The molecule has 1 aliphatic rings. The summed E-state index contributed by atoms with van der Waals surface area (Å²) >= 11 is 0. The standard InChI is InChI=1S/C21H29N5O2/c1-3-19-22-10-13-25(19)14-11-23-21(28)24-18-8-6-17(7-9-18)20(27)26-12-4-5-16(2)15-26/h6-10,13,16H,3-5,11-12,14-15H2,1-2H3,(H2,23,24,28)/t16-/m0/s1. The molecule has 0 aliphatic carbocycles. The van der Waals surface area contributed by atoms with Crippen molar-refractivity contribution >= 4 is 17.6 Å². The minimum absolute atomic E-state index is 0.0645. The van der Waals surface area contributed by atoms with Gasteiger partial charge in [-0.15, -0.1) is 0 Å². The third kappa shape index (κ3) is 5.12. The van der Waals surface area contributed by atoms with Crippen molar-refractivity contribution < 1.29 is 9.59 Å². The quantitative estimate of drug-likeness (QED) is 0.804. The van der Waals surface area contributed by atoms with Gasteiger partial charge >= 0.3 is 6.03 Å². The summed E-state index contributed by atoms with van der Waals surface area (Å²) in [4.78, 5) is 30.9. The van der Waals surface area contributed by atoms with E-state index in [4.69, 9.17) is 0 Å². The maximum absolute atomic E-state index is 12.6. The van der Waals surface area contributed by atoms with Crippen molar-refractivity contribution in [2.75, 3.05) is 25.0 Å². The van der Waals surface area contributed by atoms with Gasteiger partial charge in [0.15, 0.2) is 0 Å². The highest BCUT2D eigenvalue weighted by Gasteiger charge is 2.21. The number of benzene rings is 1. The lowest BCUT2D eigenvalue weighted by atomic mass is 9.99. The molecule has 1 aliphatic heterocycles. The van der Waals surface area contributed by atoms with Gasteiger partial charge in [-0.3, -0.25) is 4.79 Å². The molecule has 2 aromatic rings. The Balaban J connectivity index is 1.47. The predicted molar refractivity (Wildman–Crippen MR) is 109 cm³/mol. The zero-order valence-corrected chi connectivity index (χ0v) is 16.6. The van der Waals surface area contributed by atoms with Crippen molar-refractivity contribution in [1.82, 2.24) is 19.8 Å². The maximum atomic E-state index is 12.6. The third-order valence-electron chi connectivity index (χ3n) is 5.09. The van der Waals surface area contributed by atoms with Gasteiger partial charge in [0.25, 0.3) is 5.91 Å². The number of amides is 3. The van der Waals surface area contributed by atoms with Gasteiger partial charge in [-0.1, -0.05) is 13.8 Å². The van der Waals surface area contributed by atoms with E-state index in [0.29, 0.717) is 30.3 Å². The Morgan fingerprint density at radius 2 is 2.04 bits per heavy atom. The van der Waals surface area contributed by atoms with Crippen LogP contribution in [0.15, 0.2) is 36.7 Å². The van der Waals surface area contributed by atoms with Crippen LogP contribution in [0.25, 0.3) is 0 Å². The molecule has 1 atom stereocenters. The van der Waals surface area contributed by atoms with E-state index in [0.717, 1.165) is 31.8 Å². The lowest BCUT2D eigenvalue weighted by Gasteiger charge is -2.31. The average molecular weight is 383 g/mol. The fourth-order valence-corrected chi connectivity index (χ4v) is 3.58.